The summed E-state index contributed by atoms with van der Waals surface area (Å²) in [5.74, 6) is 0. The van der Waals surface area contributed by atoms with E-state index in [1.807, 2.05) is 0 Å². The zero-order chi connectivity index (χ0) is 51.7. The lowest BCUT2D eigenvalue weighted by Crippen LogP contribution is -2.16. The predicted octanol–water partition coefficient (Wildman–Crippen LogP) is 20.5. The van der Waals surface area contributed by atoms with Gasteiger partial charge in [0.1, 0.15) is 0 Å². The molecule has 0 N–H and O–H groups in total. The molecule has 0 saturated heterocycles. The minimum absolute atomic E-state index is 0.161. The average Bonchev–Trinajstić information content (AvgIpc) is 3.97. The van der Waals surface area contributed by atoms with Gasteiger partial charge in [-0.3, -0.25) is 0 Å². The predicted molar refractivity (Wildman–Crippen MR) is 326 cm³/mol. The van der Waals surface area contributed by atoms with Crippen LogP contribution in [-0.2, 0) is 10.8 Å². The fraction of sp³-hybridized carbons (Fsp3) is 0.108. The van der Waals surface area contributed by atoms with Crippen molar-refractivity contribution in [3.8, 4) is 22.3 Å². The summed E-state index contributed by atoms with van der Waals surface area (Å²) in [4.78, 5) is 4.75. The number of para-hydroxylation sites is 2. The van der Waals surface area contributed by atoms with Crippen molar-refractivity contribution in [1.29, 1.82) is 0 Å². The molecule has 2 nitrogen and oxygen atoms in total. The molecule has 13 rings (SSSR count). The van der Waals surface area contributed by atoms with Gasteiger partial charge in [-0.1, -0.05) is 198 Å². The highest BCUT2D eigenvalue weighted by Crippen LogP contribution is 2.53. The molecule has 0 fully saturated rings. The van der Waals surface area contributed by atoms with E-state index in [-0.39, 0.29) is 10.8 Å². The van der Waals surface area contributed by atoms with Gasteiger partial charge in [-0.2, -0.15) is 0 Å². The van der Waals surface area contributed by atoms with Crippen molar-refractivity contribution in [1.82, 2.24) is 0 Å². The van der Waals surface area contributed by atoms with Gasteiger partial charge in [0.2, 0.25) is 0 Å². The lowest BCUT2D eigenvalue weighted by Gasteiger charge is -2.28. The van der Waals surface area contributed by atoms with Crippen LogP contribution in [0.5, 0.6) is 0 Å². The Hall–Kier alpha value is -8.98. The van der Waals surface area contributed by atoms with Crippen molar-refractivity contribution in [3.05, 3.63) is 286 Å². The molecule has 0 bridgehead atoms. The molecule has 0 spiro atoms. The SMILES string of the molecule is Cc1cccc(N(c2ccccc2)c2ccc3c(c2)C(C)(C)c2cc(C=Cc4ccc5c(ccc6cc(C=Cc7ccc8c(c7)C(C)(C)c7cc(N(c9ccccc9)c9cccc(C)c9)ccc7-8)ccc65)c4)ccc2-3)c1. The first-order valence-electron chi connectivity index (χ1n) is 26.7. The van der Waals surface area contributed by atoms with Crippen LogP contribution in [0.25, 0.3) is 68.1 Å². The lowest BCUT2D eigenvalue weighted by atomic mass is 9.81. The van der Waals surface area contributed by atoms with E-state index in [0.717, 1.165) is 22.7 Å². The van der Waals surface area contributed by atoms with E-state index in [1.165, 1.54) is 111 Å². The van der Waals surface area contributed by atoms with Gasteiger partial charge in [0.05, 0.1) is 0 Å². The first-order chi connectivity index (χ1) is 37.0. The highest BCUT2D eigenvalue weighted by Gasteiger charge is 2.37. The van der Waals surface area contributed by atoms with Crippen molar-refractivity contribution in [3.63, 3.8) is 0 Å². The Balaban J connectivity index is 0.725. The molecular weight excluding hydrogens is 917 g/mol. The van der Waals surface area contributed by atoms with Gasteiger partial charge in [0.25, 0.3) is 0 Å². The molecule has 0 radical (unpaired) electrons. The molecule has 0 aromatic heterocycles. The third-order valence-corrected chi connectivity index (χ3v) is 16.3. The number of hydrogen-bond donors (Lipinski definition) is 0. The number of hydrogen-bond acceptors (Lipinski definition) is 2. The molecule has 2 aliphatic rings. The first-order valence-corrected chi connectivity index (χ1v) is 26.7. The molecule has 11 aromatic carbocycles. The van der Waals surface area contributed by atoms with Crippen molar-refractivity contribution in [2.45, 2.75) is 52.4 Å². The van der Waals surface area contributed by atoms with Gasteiger partial charge in [0.15, 0.2) is 0 Å². The molecule has 0 unspecified atom stereocenters. The summed E-state index contributed by atoms with van der Waals surface area (Å²) in [6, 6.07) is 85.2. The maximum atomic E-state index is 2.41. The fourth-order valence-electron chi connectivity index (χ4n) is 12.3. The Morgan fingerprint density at radius 1 is 0.276 bits per heavy atom. The number of rotatable bonds is 10. The fourth-order valence-corrected chi connectivity index (χ4v) is 12.3. The Bertz CT molecular complexity index is 3870. The summed E-state index contributed by atoms with van der Waals surface area (Å²) >= 11 is 0. The third-order valence-electron chi connectivity index (χ3n) is 16.3. The van der Waals surface area contributed by atoms with Crippen LogP contribution >= 0.6 is 0 Å². The third kappa shape index (κ3) is 8.22. The Morgan fingerprint density at radius 2 is 0.605 bits per heavy atom. The zero-order valence-corrected chi connectivity index (χ0v) is 44.1. The number of aryl methyl sites for hydroxylation is 2. The van der Waals surface area contributed by atoms with Crippen LogP contribution in [0, 0.1) is 13.8 Å². The summed E-state index contributed by atoms with van der Waals surface area (Å²) in [6.45, 7) is 13.8. The van der Waals surface area contributed by atoms with Crippen LogP contribution in [0.4, 0.5) is 34.1 Å². The Morgan fingerprint density at radius 3 is 1.00 bits per heavy atom. The van der Waals surface area contributed by atoms with Crippen molar-refractivity contribution >= 4 is 80.0 Å². The van der Waals surface area contributed by atoms with E-state index in [4.69, 9.17) is 0 Å². The summed E-state index contributed by atoms with van der Waals surface area (Å²) < 4.78 is 0. The second kappa shape index (κ2) is 18.4. The zero-order valence-electron chi connectivity index (χ0n) is 44.1. The minimum atomic E-state index is -0.161. The minimum Gasteiger partial charge on any atom is -0.310 e. The van der Waals surface area contributed by atoms with Crippen LogP contribution in [0.1, 0.15) is 83.3 Å². The molecule has 0 amide bonds. The molecule has 0 saturated carbocycles. The molecule has 0 atom stereocenters. The maximum absolute atomic E-state index is 2.41. The van der Waals surface area contributed by atoms with Gasteiger partial charge in [-0.05, 0) is 198 Å². The van der Waals surface area contributed by atoms with Crippen LogP contribution in [0.3, 0.4) is 0 Å². The van der Waals surface area contributed by atoms with E-state index in [1.54, 1.807) is 0 Å². The standard InChI is InChI=1S/C74H60N2/c1-49-15-13-21-59(41-49)75(57-17-9-7-10-18-57)61-33-39-67-65-37-29-53(45-69(65)73(3,4)71(67)47-61)25-23-51-27-35-63-55(43-51)31-32-56-44-52(28-36-64(56)63)24-26-54-30-38-66-68-40-34-62(48-72(68)74(5,6)70(66)46-54)76(58-19-11-8-12-20-58)60-22-14-16-50(2)42-60/h7-48H,1-6H3. The first kappa shape index (κ1) is 46.8. The van der Waals surface area contributed by atoms with E-state index < -0.39 is 0 Å². The molecule has 0 heterocycles. The van der Waals surface area contributed by atoms with Crippen LogP contribution < -0.4 is 9.80 Å². The normalized spacial score (nSPS) is 13.8. The van der Waals surface area contributed by atoms with Gasteiger partial charge >= 0.3 is 0 Å². The van der Waals surface area contributed by atoms with Crippen molar-refractivity contribution in [2.75, 3.05) is 9.80 Å². The molecule has 0 aliphatic heterocycles. The maximum Gasteiger partial charge on any atom is 0.0465 e. The molecule has 2 heteroatoms. The topological polar surface area (TPSA) is 6.48 Å². The summed E-state index contributed by atoms with van der Waals surface area (Å²) in [5, 5.41) is 5.02. The second-order valence-corrected chi connectivity index (χ2v) is 22.0. The van der Waals surface area contributed by atoms with E-state index >= 15 is 0 Å². The lowest BCUT2D eigenvalue weighted by molar-refractivity contribution is 0.660. The quantitative estimate of drug-likeness (QED) is 0.0995. The van der Waals surface area contributed by atoms with E-state index in [9.17, 15) is 0 Å². The monoisotopic (exact) mass is 976 g/mol. The molecule has 76 heavy (non-hydrogen) atoms. The molecular formula is C74H60N2. The average molecular weight is 977 g/mol. The van der Waals surface area contributed by atoms with Crippen LogP contribution in [0.15, 0.2) is 231 Å². The largest absolute Gasteiger partial charge is 0.310 e. The highest BCUT2D eigenvalue weighted by atomic mass is 15.1. The summed E-state index contributed by atoms with van der Waals surface area (Å²) in [7, 11) is 0. The Labute approximate surface area is 448 Å². The number of anilines is 6. The van der Waals surface area contributed by atoms with Crippen molar-refractivity contribution < 1.29 is 0 Å². The summed E-state index contributed by atoms with van der Waals surface area (Å²) in [5.41, 5.74) is 24.6. The molecule has 11 aromatic rings. The van der Waals surface area contributed by atoms with Crippen molar-refractivity contribution in [2.24, 2.45) is 0 Å². The van der Waals surface area contributed by atoms with Crippen LogP contribution in [0.2, 0.25) is 0 Å². The van der Waals surface area contributed by atoms with Gasteiger partial charge < -0.3 is 9.80 Å². The Kier molecular flexibility index (Phi) is 11.4. The molecule has 2 aliphatic carbocycles. The van der Waals surface area contributed by atoms with Gasteiger partial charge in [-0.25, -0.2) is 0 Å². The van der Waals surface area contributed by atoms with E-state index in [0.29, 0.717) is 0 Å². The summed E-state index contributed by atoms with van der Waals surface area (Å²) in [6.07, 6.45) is 9.05. The van der Waals surface area contributed by atoms with Gasteiger partial charge in [-0.15, -0.1) is 0 Å². The van der Waals surface area contributed by atoms with Gasteiger partial charge in [0, 0.05) is 45.0 Å². The number of nitrogens with zero attached hydrogens (tertiary/aromatic N) is 2. The highest BCUT2D eigenvalue weighted by molar-refractivity contribution is 6.08. The second-order valence-electron chi connectivity index (χ2n) is 22.0. The van der Waals surface area contributed by atoms with E-state index in [2.05, 4.69) is 306 Å². The smallest absolute Gasteiger partial charge is 0.0465 e. The molecule has 366 valence electrons. The number of benzene rings is 11. The van der Waals surface area contributed by atoms with Crippen LogP contribution in [-0.4, -0.2) is 0 Å². The number of fused-ring (bicyclic) bond motifs is 9.